The number of hydrogen-bond donors (Lipinski definition) is 3. The largest absolute Gasteiger partial charge is 0.506 e. The SMILES string of the molecule is O=C(O)c1cc(-c2ccccc2)cc(C(=O)O)c1O. The van der Waals surface area contributed by atoms with Gasteiger partial charge >= 0.3 is 11.9 Å². The predicted octanol–water partition coefficient (Wildman–Crippen LogP) is 2.46. The highest BCUT2D eigenvalue weighted by Crippen LogP contribution is 2.30. The van der Waals surface area contributed by atoms with Crippen molar-refractivity contribution < 1.29 is 24.9 Å². The quantitative estimate of drug-likeness (QED) is 0.786. The summed E-state index contributed by atoms with van der Waals surface area (Å²) < 4.78 is 0. The summed E-state index contributed by atoms with van der Waals surface area (Å²) in [4.78, 5) is 22.1. The minimum atomic E-state index is -1.38. The Labute approximate surface area is 108 Å². The van der Waals surface area contributed by atoms with Gasteiger partial charge in [-0.2, -0.15) is 0 Å². The number of aromatic carboxylic acids is 2. The van der Waals surface area contributed by atoms with Gasteiger partial charge in [-0.25, -0.2) is 9.59 Å². The van der Waals surface area contributed by atoms with Gasteiger partial charge in [0, 0.05) is 0 Å². The molecule has 5 nitrogen and oxygen atoms in total. The normalized spacial score (nSPS) is 10.1. The van der Waals surface area contributed by atoms with Crippen molar-refractivity contribution in [1.82, 2.24) is 0 Å². The Morgan fingerprint density at radius 3 is 1.68 bits per heavy atom. The molecule has 0 aromatic heterocycles. The van der Waals surface area contributed by atoms with Crippen LogP contribution in [0.2, 0.25) is 0 Å². The van der Waals surface area contributed by atoms with Crippen molar-refractivity contribution in [2.45, 2.75) is 0 Å². The summed E-state index contributed by atoms with van der Waals surface area (Å²) in [6.07, 6.45) is 0. The highest BCUT2D eigenvalue weighted by molar-refractivity contribution is 6.00. The molecule has 0 saturated carbocycles. The zero-order valence-electron chi connectivity index (χ0n) is 9.70. The lowest BCUT2D eigenvalue weighted by molar-refractivity contribution is 0.0691. The third-order valence-electron chi connectivity index (χ3n) is 2.68. The van der Waals surface area contributed by atoms with Gasteiger partial charge in [0.2, 0.25) is 0 Å². The molecule has 2 aromatic carbocycles. The fourth-order valence-electron chi connectivity index (χ4n) is 1.76. The van der Waals surface area contributed by atoms with Crippen molar-refractivity contribution in [3.05, 3.63) is 53.6 Å². The number of carboxylic acids is 2. The Morgan fingerprint density at radius 2 is 1.26 bits per heavy atom. The van der Waals surface area contributed by atoms with Crippen molar-refractivity contribution in [2.24, 2.45) is 0 Å². The average Bonchev–Trinajstić information content (AvgIpc) is 2.39. The molecule has 3 N–H and O–H groups in total. The first-order valence-electron chi connectivity index (χ1n) is 5.39. The lowest BCUT2D eigenvalue weighted by Gasteiger charge is -2.08. The van der Waals surface area contributed by atoms with E-state index in [-0.39, 0.29) is 0 Å². The highest BCUT2D eigenvalue weighted by Gasteiger charge is 2.20. The Hall–Kier alpha value is -2.82. The first-order chi connectivity index (χ1) is 9.00. The molecule has 0 unspecified atom stereocenters. The van der Waals surface area contributed by atoms with E-state index >= 15 is 0 Å². The first-order valence-corrected chi connectivity index (χ1v) is 5.39. The van der Waals surface area contributed by atoms with Crippen LogP contribution in [0.1, 0.15) is 20.7 Å². The van der Waals surface area contributed by atoms with Crippen LogP contribution in [0.3, 0.4) is 0 Å². The highest BCUT2D eigenvalue weighted by atomic mass is 16.4. The fourth-order valence-corrected chi connectivity index (χ4v) is 1.76. The summed E-state index contributed by atoms with van der Waals surface area (Å²) >= 11 is 0. The summed E-state index contributed by atoms with van der Waals surface area (Å²) in [7, 11) is 0. The molecule has 2 aromatic rings. The molecular weight excluding hydrogens is 248 g/mol. The van der Waals surface area contributed by atoms with E-state index in [4.69, 9.17) is 10.2 Å². The molecule has 19 heavy (non-hydrogen) atoms. The minimum Gasteiger partial charge on any atom is -0.506 e. The summed E-state index contributed by atoms with van der Waals surface area (Å²) in [6.45, 7) is 0. The number of rotatable bonds is 3. The van der Waals surface area contributed by atoms with Crippen molar-refractivity contribution in [3.8, 4) is 16.9 Å². The summed E-state index contributed by atoms with van der Waals surface area (Å²) in [6, 6.07) is 11.2. The maximum Gasteiger partial charge on any atom is 0.339 e. The monoisotopic (exact) mass is 258 g/mol. The number of phenols is 1. The van der Waals surface area contributed by atoms with Crippen LogP contribution in [0.4, 0.5) is 0 Å². The van der Waals surface area contributed by atoms with Gasteiger partial charge in [-0.15, -0.1) is 0 Å². The molecule has 0 atom stereocenters. The van der Waals surface area contributed by atoms with Crippen LogP contribution in [0.5, 0.6) is 5.75 Å². The molecule has 0 spiro atoms. The van der Waals surface area contributed by atoms with E-state index in [0.29, 0.717) is 11.1 Å². The van der Waals surface area contributed by atoms with Gasteiger partial charge in [-0.1, -0.05) is 30.3 Å². The van der Waals surface area contributed by atoms with Crippen molar-refractivity contribution >= 4 is 11.9 Å². The fraction of sp³-hybridized carbons (Fsp3) is 0. The van der Waals surface area contributed by atoms with E-state index in [1.165, 1.54) is 12.1 Å². The maximum atomic E-state index is 11.0. The number of hydrogen-bond acceptors (Lipinski definition) is 3. The molecule has 2 rings (SSSR count). The van der Waals surface area contributed by atoms with Crippen LogP contribution in [0, 0.1) is 0 Å². The molecule has 0 saturated heterocycles. The summed E-state index contributed by atoms with van der Waals surface area (Å²) in [5, 5.41) is 27.6. The molecule has 5 heteroatoms. The van der Waals surface area contributed by atoms with Crippen LogP contribution >= 0.6 is 0 Å². The van der Waals surface area contributed by atoms with Gasteiger partial charge in [-0.05, 0) is 23.3 Å². The second kappa shape index (κ2) is 4.81. The third kappa shape index (κ3) is 2.40. The molecule has 96 valence electrons. The lowest BCUT2D eigenvalue weighted by Crippen LogP contribution is -2.04. The third-order valence-corrected chi connectivity index (χ3v) is 2.68. The van der Waals surface area contributed by atoms with E-state index < -0.39 is 28.8 Å². The molecule has 0 bridgehead atoms. The standard InChI is InChI=1S/C14H10O5/c15-12-10(13(16)17)6-9(7-11(12)14(18)19)8-4-2-1-3-5-8/h1-7,15H,(H,16,17)(H,18,19). The summed E-state index contributed by atoms with van der Waals surface area (Å²) in [5.41, 5.74) is 0.234. The van der Waals surface area contributed by atoms with E-state index in [2.05, 4.69) is 0 Å². The van der Waals surface area contributed by atoms with E-state index in [1.54, 1.807) is 30.3 Å². The minimum absolute atomic E-state index is 0.424. The number of benzene rings is 2. The molecule has 0 heterocycles. The Morgan fingerprint density at radius 1 is 0.789 bits per heavy atom. The smallest absolute Gasteiger partial charge is 0.339 e. The van der Waals surface area contributed by atoms with E-state index in [1.807, 2.05) is 0 Å². The van der Waals surface area contributed by atoms with Gasteiger partial charge in [-0.3, -0.25) is 0 Å². The second-order valence-corrected chi connectivity index (χ2v) is 3.90. The van der Waals surface area contributed by atoms with Crippen LogP contribution in [0.15, 0.2) is 42.5 Å². The van der Waals surface area contributed by atoms with E-state index in [9.17, 15) is 14.7 Å². The second-order valence-electron chi connectivity index (χ2n) is 3.90. The van der Waals surface area contributed by atoms with Gasteiger partial charge in [0.25, 0.3) is 0 Å². The lowest BCUT2D eigenvalue weighted by atomic mass is 9.98. The number of carbonyl (C=O) groups is 2. The van der Waals surface area contributed by atoms with Gasteiger partial charge in [0.05, 0.1) is 0 Å². The topological polar surface area (TPSA) is 94.8 Å². The zero-order chi connectivity index (χ0) is 14.0. The molecular formula is C14H10O5. The van der Waals surface area contributed by atoms with Crippen LogP contribution < -0.4 is 0 Å². The molecule has 0 radical (unpaired) electrons. The van der Waals surface area contributed by atoms with Crippen molar-refractivity contribution in [1.29, 1.82) is 0 Å². The predicted molar refractivity (Wildman–Crippen MR) is 67.5 cm³/mol. The summed E-state index contributed by atoms with van der Waals surface area (Å²) in [5.74, 6) is -3.49. The Kier molecular flexibility index (Phi) is 3.20. The maximum absolute atomic E-state index is 11.0. The van der Waals surface area contributed by atoms with Crippen molar-refractivity contribution in [2.75, 3.05) is 0 Å². The van der Waals surface area contributed by atoms with Crippen LogP contribution in [-0.4, -0.2) is 27.3 Å². The van der Waals surface area contributed by atoms with Gasteiger partial charge in [0.1, 0.15) is 16.9 Å². The first kappa shape index (κ1) is 12.6. The van der Waals surface area contributed by atoms with E-state index in [0.717, 1.165) is 0 Å². The number of carboxylic acid groups (broad SMARTS) is 2. The molecule has 0 aliphatic rings. The van der Waals surface area contributed by atoms with Crippen molar-refractivity contribution in [3.63, 3.8) is 0 Å². The van der Waals surface area contributed by atoms with Crippen LogP contribution in [0.25, 0.3) is 11.1 Å². The van der Waals surface area contributed by atoms with Gasteiger partial charge in [0.15, 0.2) is 0 Å². The average molecular weight is 258 g/mol. The Bertz CT molecular complexity index is 611. The molecule has 0 aliphatic heterocycles. The van der Waals surface area contributed by atoms with Crippen LogP contribution in [-0.2, 0) is 0 Å². The number of aromatic hydroxyl groups is 1. The Balaban J connectivity index is 2.70. The molecule has 0 fully saturated rings. The van der Waals surface area contributed by atoms with Gasteiger partial charge < -0.3 is 15.3 Å². The zero-order valence-corrected chi connectivity index (χ0v) is 9.70. The molecule has 0 amide bonds. The molecule has 0 aliphatic carbocycles.